The van der Waals surface area contributed by atoms with E-state index < -0.39 is 5.72 Å². The normalized spacial score (nSPS) is 45.3. The first kappa shape index (κ1) is 20.3. The van der Waals surface area contributed by atoms with E-state index in [0.29, 0.717) is 35.9 Å². The number of fused-ring (bicyclic) bond motifs is 2. The van der Waals surface area contributed by atoms with Gasteiger partial charge in [-0.15, -0.1) is 0 Å². The lowest BCUT2D eigenvalue weighted by Crippen LogP contribution is -2.52. The van der Waals surface area contributed by atoms with Gasteiger partial charge in [-0.05, 0) is 56.4 Å². The molecule has 0 amide bonds. The molecule has 31 heavy (non-hydrogen) atoms. The summed E-state index contributed by atoms with van der Waals surface area (Å²) in [4.78, 5) is 13.5. The van der Waals surface area contributed by atoms with E-state index in [1.165, 1.54) is 31.2 Å². The zero-order valence-electron chi connectivity index (χ0n) is 18.3. The van der Waals surface area contributed by atoms with E-state index in [4.69, 9.17) is 0 Å². The summed E-state index contributed by atoms with van der Waals surface area (Å²) in [5, 5.41) is 25.7. The maximum absolute atomic E-state index is 11.6. The van der Waals surface area contributed by atoms with Crippen molar-refractivity contribution >= 4 is 6.29 Å². The molecule has 0 aromatic heterocycles. The van der Waals surface area contributed by atoms with Crippen LogP contribution in [0, 0.1) is 17.8 Å². The van der Waals surface area contributed by atoms with E-state index in [-0.39, 0.29) is 12.0 Å². The number of nitrogens with one attached hydrogen (secondary N) is 1. The van der Waals surface area contributed by atoms with Gasteiger partial charge in [0.2, 0.25) is 0 Å². The Labute approximate surface area is 185 Å². The molecule has 2 saturated carbocycles. The molecule has 3 aliphatic heterocycles. The summed E-state index contributed by atoms with van der Waals surface area (Å²) in [6, 6.07) is 9.39. The summed E-state index contributed by atoms with van der Waals surface area (Å²) in [5.74, 6) is 1.78. The van der Waals surface area contributed by atoms with Gasteiger partial charge in [-0.1, -0.05) is 37.1 Å². The van der Waals surface area contributed by atoms with Gasteiger partial charge in [-0.2, -0.15) is 0 Å². The van der Waals surface area contributed by atoms with Gasteiger partial charge in [0.05, 0.1) is 6.10 Å². The third-order valence-electron chi connectivity index (χ3n) is 9.58. The number of rotatable bonds is 5. The van der Waals surface area contributed by atoms with Crippen LogP contribution in [0.5, 0.6) is 0 Å². The molecule has 5 aliphatic rings. The fourth-order valence-electron chi connectivity index (χ4n) is 7.97. The maximum atomic E-state index is 11.6. The van der Waals surface area contributed by atoms with Crippen LogP contribution >= 0.6 is 0 Å². The van der Waals surface area contributed by atoms with E-state index >= 15 is 0 Å². The van der Waals surface area contributed by atoms with Crippen LogP contribution in [0.2, 0.25) is 0 Å². The Morgan fingerprint density at radius 3 is 2.52 bits per heavy atom. The van der Waals surface area contributed by atoms with Crippen molar-refractivity contribution in [2.75, 3.05) is 6.54 Å². The Kier molecular flexibility index (Phi) is 5.02. The molecule has 5 heteroatoms. The minimum atomic E-state index is -0.647. The number of nitrogens with zero attached hydrogens (tertiary/aromatic N) is 1. The summed E-state index contributed by atoms with van der Waals surface area (Å²) in [6.07, 6.45) is 11.1. The summed E-state index contributed by atoms with van der Waals surface area (Å²) >= 11 is 0. The third-order valence-corrected chi connectivity index (χ3v) is 9.58. The SMILES string of the molecule is O=Cc1ccc([C@@H](C2CCCC2)[C@@H]2C[C@@H]([C@H]3CC[C@@H]4[C@@H](O)CC[C@H]4N3)[C@]3(O)CN23)cc1. The van der Waals surface area contributed by atoms with Crippen LogP contribution in [0.25, 0.3) is 0 Å². The molecule has 3 heterocycles. The lowest BCUT2D eigenvalue weighted by Gasteiger charge is -2.39. The van der Waals surface area contributed by atoms with Crippen LogP contribution in [0.15, 0.2) is 24.3 Å². The average molecular weight is 425 g/mol. The van der Waals surface area contributed by atoms with Crippen LogP contribution in [-0.2, 0) is 0 Å². The highest BCUT2D eigenvalue weighted by Gasteiger charge is 2.68. The Morgan fingerprint density at radius 2 is 1.77 bits per heavy atom. The average Bonchev–Trinajstić information content (AvgIpc) is 3.15. The third kappa shape index (κ3) is 3.31. The van der Waals surface area contributed by atoms with Crippen LogP contribution in [0.3, 0.4) is 0 Å². The number of carbonyl (C=O) groups excluding carboxylic acids is 1. The monoisotopic (exact) mass is 424 g/mol. The second-order valence-electron chi connectivity index (χ2n) is 11.0. The largest absolute Gasteiger partial charge is 0.393 e. The maximum Gasteiger partial charge on any atom is 0.150 e. The van der Waals surface area contributed by atoms with Crippen molar-refractivity contribution in [2.45, 2.75) is 93.7 Å². The van der Waals surface area contributed by atoms with E-state index in [9.17, 15) is 15.0 Å². The summed E-state index contributed by atoms with van der Waals surface area (Å²) in [6.45, 7) is 0.798. The fraction of sp³-hybridized carbons (Fsp3) is 0.731. The number of aliphatic hydroxyl groups is 2. The van der Waals surface area contributed by atoms with Gasteiger partial charge < -0.3 is 15.5 Å². The quantitative estimate of drug-likeness (QED) is 0.501. The molecule has 0 spiro atoms. The second-order valence-corrected chi connectivity index (χ2v) is 11.0. The molecule has 0 bridgehead atoms. The Bertz CT molecular complexity index is 822. The van der Waals surface area contributed by atoms with Crippen molar-refractivity contribution in [2.24, 2.45) is 17.8 Å². The first-order chi connectivity index (χ1) is 15.1. The number of benzene rings is 1. The molecule has 168 valence electrons. The molecule has 1 unspecified atom stereocenters. The number of aliphatic hydroxyl groups excluding tert-OH is 1. The zero-order chi connectivity index (χ0) is 21.2. The predicted octanol–water partition coefficient (Wildman–Crippen LogP) is 3.06. The smallest absolute Gasteiger partial charge is 0.150 e. The van der Waals surface area contributed by atoms with E-state index in [2.05, 4.69) is 22.3 Å². The molecule has 6 rings (SSSR count). The predicted molar refractivity (Wildman–Crippen MR) is 119 cm³/mol. The van der Waals surface area contributed by atoms with Gasteiger partial charge in [-0.25, -0.2) is 0 Å². The Balaban J connectivity index is 1.24. The number of aldehydes is 1. The first-order valence-electron chi connectivity index (χ1n) is 12.6. The molecule has 5 nitrogen and oxygen atoms in total. The highest BCUT2D eigenvalue weighted by molar-refractivity contribution is 5.74. The molecular weight excluding hydrogens is 388 g/mol. The molecule has 3 saturated heterocycles. The van der Waals surface area contributed by atoms with Crippen LogP contribution in [0.1, 0.15) is 79.6 Å². The van der Waals surface area contributed by atoms with Crippen LogP contribution < -0.4 is 5.32 Å². The van der Waals surface area contributed by atoms with Gasteiger partial charge in [0.25, 0.3) is 0 Å². The van der Waals surface area contributed by atoms with Crippen molar-refractivity contribution < 1.29 is 15.0 Å². The van der Waals surface area contributed by atoms with Crippen LogP contribution in [-0.4, -0.2) is 57.9 Å². The van der Waals surface area contributed by atoms with E-state index in [1.807, 2.05) is 12.1 Å². The molecule has 3 N–H and O–H groups in total. The lowest BCUT2D eigenvalue weighted by molar-refractivity contribution is 0.0244. The van der Waals surface area contributed by atoms with Crippen LogP contribution in [0.4, 0.5) is 0 Å². The van der Waals surface area contributed by atoms with Gasteiger partial charge in [-0.3, -0.25) is 9.69 Å². The standard InChI is InChI=1S/C26H36N2O3/c29-14-16-5-7-18(8-6-16)25(17-3-1-2-4-17)23-13-20(26(31)15-28(23)26)22-10-9-19-21(27-22)11-12-24(19)30/h5-8,14,17,19-25,27,30-31H,1-4,9-13,15H2/t19-,20-,21+,22+,23-,24-,25+,26+,28?/m0/s1. The van der Waals surface area contributed by atoms with Crippen molar-refractivity contribution in [3.63, 3.8) is 0 Å². The highest BCUT2D eigenvalue weighted by atomic mass is 16.3. The first-order valence-corrected chi connectivity index (χ1v) is 12.6. The lowest BCUT2D eigenvalue weighted by atomic mass is 9.74. The second kappa shape index (κ2) is 7.65. The molecule has 1 aromatic rings. The topological polar surface area (TPSA) is 72.6 Å². The van der Waals surface area contributed by atoms with Crippen molar-refractivity contribution in [3.8, 4) is 0 Å². The van der Waals surface area contributed by atoms with Gasteiger partial charge in [0.15, 0.2) is 0 Å². The minimum Gasteiger partial charge on any atom is -0.393 e. The molecule has 1 aromatic carbocycles. The Hall–Kier alpha value is -1.27. The number of hydrogen-bond donors (Lipinski definition) is 3. The fourth-order valence-corrected chi connectivity index (χ4v) is 7.97. The summed E-state index contributed by atoms with van der Waals surface area (Å²) < 4.78 is 0. The Morgan fingerprint density at radius 1 is 1.03 bits per heavy atom. The number of piperidine rings is 2. The van der Waals surface area contributed by atoms with Crippen molar-refractivity contribution in [1.82, 2.24) is 10.2 Å². The molecule has 5 fully saturated rings. The van der Waals surface area contributed by atoms with Crippen molar-refractivity contribution in [3.05, 3.63) is 35.4 Å². The van der Waals surface area contributed by atoms with Gasteiger partial charge >= 0.3 is 0 Å². The molecule has 9 atom stereocenters. The number of hydrogen-bond acceptors (Lipinski definition) is 5. The minimum absolute atomic E-state index is 0.142. The number of carbonyl (C=O) groups is 1. The highest BCUT2D eigenvalue weighted by Crippen LogP contribution is 2.57. The van der Waals surface area contributed by atoms with E-state index in [1.54, 1.807) is 0 Å². The molecule has 2 aliphatic carbocycles. The van der Waals surface area contributed by atoms with Crippen molar-refractivity contribution in [1.29, 1.82) is 0 Å². The zero-order valence-corrected chi connectivity index (χ0v) is 18.3. The molecule has 0 radical (unpaired) electrons. The molecular formula is C26H36N2O3. The van der Waals surface area contributed by atoms with E-state index in [0.717, 1.165) is 50.5 Å². The van der Waals surface area contributed by atoms with Gasteiger partial charge in [0, 0.05) is 48.0 Å². The summed E-state index contributed by atoms with van der Waals surface area (Å²) in [5.41, 5.74) is 1.43. The van der Waals surface area contributed by atoms with Gasteiger partial charge in [0.1, 0.15) is 12.0 Å². The summed E-state index contributed by atoms with van der Waals surface area (Å²) in [7, 11) is 0.